The predicted octanol–water partition coefficient (Wildman–Crippen LogP) is -0.191. The topological polar surface area (TPSA) is 187 Å². The van der Waals surface area contributed by atoms with Crippen molar-refractivity contribution in [3.63, 3.8) is 0 Å². The van der Waals surface area contributed by atoms with E-state index in [1.807, 2.05) is 0 Å². The second-order valence-electron chi connectivity index (χ2n) is 13.0. The number of aliphatic hydroxyl groups is 6. The van der Waals surface area contributed by atoms with Crippen LogP contribution in [0.3, 0.4) is 0 Å². The Labute approximate surface area is 219 Å². The number of hydrogen-bond acceptors (Lipinski definition) is 11. The van der Waals surface area contributed by atoms with Crippen LogP contribution in [-0.4, -0.2) is 84.8 Å². The van der Waals surface area contributed by atoms with Gasteiger partial charge in [-0.25, -0.2) is 4.79 Å². The smallest absolute Gasteiger partial charge is 0.335 e. The molecule has 1 unspecified atom stereocenters. The first-order valence-corrected chi connectivity index (χ1v) is 13.1. The Morgan fingerprint density at radius 1 is 1.18 bits per heavy atom. The van der Waals surface area contributed by atoms with Crippen LogP contribution in [0, 0.1) is 34.0 Å². The van der Waals surface area contributed by atoms with E-state index in [0.29, 0.717) is 5.56 Å². The molecular weight excluding hydrogens is 500 g/mol. The molecule has 38 heavy (non-hydrogen) atoms. The molecule has 0 amide bonds. The van der Waals surface area contributed by atoms with Crippen LogP contribution in [0.1, 0.15) is 58.1 Å². The molecule has 6 rings (SSSR count). The Morgan fingerprint density at radius 2 is 1.87 bits per heavy atom. The monoisotopic (exact) mass is 536 g/mol. The van der Waals surface area contributed by atoms with Crippen LogP contribution in [0.2, 0.25) is 0 Å². The van der Waals surface area contributed by atoms with E-state index in [9.17, 15) is 40.2 Å². The molecule has 11 nitrogen and oxygen atoms in total. The number of rotatable bonds is 3. The van der Waals surface area contributed by atoms with Crippen molar-refractivity contribution >= 4 is 11.9 Å². The summed E-state index contributed by atoms with van der Waals surface area (Å²) in [5, 5.41) is 72.2. The highest BCUT2D eigenvalue weighted by atomic mass is 16.6. The van der Waals surface area contributed by atoms with Gasteiger partial charge in [-0.15, -0.1) is 0 Å². The molecule has 4 saturated carbocycles. The van der Waals surface area contributed by atoms with Crippen molar-refractivity contribution in [2.75, 3.05) is 7.11 Å². The first-order valence-electron chi connectivity index (χ1n) is 13.1. The van der Waals surface area contributed by atoms with Crippen molar-refractivity contribution in [1.29, 1.82) is 0 Å². The van der Waals surface area contributed by atoms with Crippen molar-refractivity contribution in [3.8, 4) is 0 Å². The molecule has 13 atom stereocenters. The Kier molecular flexibility index (Phi) is 5.09. The van der Waals surface area contributed by atoms with Gasteiger partial charge < -0.3 is 44.5 Å². The molecule has 11 heteroatoms. The number of ether oxygens (including phenoxy) is 2. The number of esters is 2. The van der Waals surface area contributed by atoms with Crippen molar-refractivity contribution < 1.29 is 54.1 Å². The Hall–Kier alpha value is -2.02. The van der Waals surface area contributed by atoms with E-state index in [-0.39, 0.29) is 19.3 Å². The second-order valence-corrected chi connectivity index (χ2v) is 13.0. The lowest BCUT2D eigenvalue weighted by Gasteiger charge is -2.66. The van der Waals surface area contributed by atoms with E-state index in [4.69, 9.17) is 13.9 Å². The van der Waals surface area contributed by atoms with Gasteiger partial charge in [-0.05, 0) is 31.2 Å². The summed E-state index contributed by atoms with van der Waals surface area (Å²) in [4.78, 5) is 25.7. The molecule has 4 aliphatic carbocycles. The molecule has 6 N–H and O–H groups in total. The van der Waals surface area contributed by atoms with Gasteiger partial charge in [-0.2, -0.15) is 0 Å². The van der Waals surface area contributed by atoms with E-state index in [2.05, 4.69) is 0 Å². The van der Waals surface area contributed by atoms with E-state index >= 15 is 0 Å². The number of aliphatic hydroxyl groups excluding tert-OH is 3. The van der Waals surface area contributed by atoms with E-state index in [1.54, 1.807) is 26.8 Å². The van der Waals surface area contributed by atoms with E-state index in [1.165, 1.54) is 12.5 Å². The summed E-state index contributed by atoms with van der Waals surface area (Å²) in [5.74, 6) is -5.35. The fraction of sp³-hybridized carbons (Fsp3) is 0.778. The predicted molar refractivity (Wildman–Crippen MR) is 126 cm³/mol. The van der Waals surface area contributed by atoms with Gasteiger partial charge in [-0.3, -0.25) is 4.79 Å². The molecule has 0 radical (unpaired) electrons. The summed E-state index contributed by atoms with van der Waals surface area (Å²) in [6.45, 7) is 4.93. The Morgan fingerprint density at radius 3 is 2.47 bits per heavy atom. The van der Waals surface area contributed by atoms with E-state index in [0.717, 1.165) is 7.11 Å². The average Bonchev–Trinajstić information content (AvgIpc) is 3.46. The van der Waals surface area contributed by atoms with Gasteiger partial charge in [0.05, 0.1) is 43.9 Å². The maximum absolute atomic E-state index is 13.0. The van der Waals surface area contributed by atoms with Gasteiger partial charge in [0.25, 0.3) is 0 Å². The molecule has 1 saturated heterocycles. The summed E-state index contributed by atoms with van der Waals surface area (Å²) in [6, 6.07) is 1.61. The Bertz CT molecular complexity index is 1190. The van der Waals surface area contributed by atoms with Crippen LogP contribution < -0.4 is 0 Å². The van der Waals surface area contributed by atoms with Gasteiger partial charge >= 0.3 is 11.9 Å². The lowest BCUT2D eigenvalue weighted by atomic mass is 9.44. The maximum atomic E-state index is 13.0. The van der Waals surface area contributed by atoms with Crippen LogP contribution in [-0.2, 0) is 19.1 Å². The summed E-state index contributed by atoms with van der Waals surface area (Å²) >= 11 is 0. The highest BCUT2D eigenvalue weighted by molar-refractivity contribution is 5.76. The molecule has 0 spiro atoms. The van der Waals surface area contributed by atoms with Gasteiger partial charge in [0.1, 0.15) is 17.3 Å². The average molecular weight is 537 g/mol. The van der Waals surface area contributed by atoms with Crippen LogP contribution >= 0.6 is 0 Å². The largest absolute Gasteiger partial charge is 0.472 e. The molecule has 2 heterocycles. The summed E-state index contributed by atoms with van der Waals surface area (Å²) in [7, 11) is 1.11. The summed E-state index contributed by atoms with van der Waals surface area (Å²) < 4.78 is 15.7. The van der Waals surface area contributed by atoms with Gasteiger partial charge in [0, 0.05) is 33.6 Å². The highest BCUT2D eigenvalue weighted by Crippen LogP contribution is 2.82. The first kappa shape index (κ1) is 26.2. The molecule has 210 valence electrons. The molecule has 1 aliphatic heterocycles. The lowest BCUT2D eigenvalue weighted by molar-refractivity contribution is -0.335. The third-order valence-corrected chi connectivity index (χ3v) is 11.9. The van der Waals surface area contributed by atoms with Crippen LogP contribution in [0.4, 0.5) is 0 Å². The quantitative estimate of drug-likeness (QED) is 0.281. The second kappa shape index (κ2) is 7.38. The van der Waals surface area contributed by atoms with Gasteiger partial charge in [-0.1, -0.05) is 20.8 Å². The van der Waals surface area contributed by atoms with Gasteiger partial charge in [0.2, 0.25) is 0 Å². The number of hydrogen-bond donors (Lipinski definition) is 6. The molecular formula is C27H36O11. The number of methoxy groups -OCH3 is 1. The minimum atomic E-state index is -2.30. The number of cyclic esters (lactones) is 1. The van der Waals surface area contributed by atoms with Crippen molar-refractivity contribution in [3.05, 3.63) is 24.2 Å². The van der Waals surface area contributed by atoms with Gasteiger partial charge in [0.15, 0.2) is 6.10 Å². The normalized spacial score (nSPS) is 55.6. The standard InChI is InChI=1S/C27H36O11/c1-22-11-25(33)18(15(29)19(22)31)27(35)13(24(25,3)17(22)16(30)21(32)36-4)5-7-23(2)20(12-6-8-37-10-12)38-14(28)9-26(23,27)34/h6,8,10,13,15-20,29-31,33-35H,5,7,9,11H2,1-4H3/t13?,15-,16-,17+,18+,19+,20+,22+,23+,24-,25-,26-,27+/m1/s1. The van der Waals surface area contributed by atoms with Crippen LogP contribution in [0.15, 0.2) is 23.0 Å². The van der Waals surface area contributed by atoms with Crippen molar-refractivity contribution in [2.45, 2.75) is 87.7 Å². The maximum Gasteiger partial charge on any atom is 0.335 e. The molecule has 0 aromatic carbocycles. The zero-order valence-electron chi connectivity index (χ0n) is 21.8. The fourth-order valence-electron chi connectivity index (χ4n) is 10.4. The minimum absolute atomic E-state index is 0.153. The van der Waals surface area contributed by atoms with Crippen molar-refractivity contribution in [1.82, 2.24) is 0 Å². The van der Waals surface area contributed by atoms with Crippen LogP contribution in [0.25, 0.3) is 0 Å². The zero-order chi connectivity index (χ0) is 27.8. The number of furan rings is 1. The van der Waals surface area contributed by atoms with Crippen LogP contribution in [0.5, 0.6) is 0 Å². The molecule has 1 aromatic heterocycles. The summed E-state index contributed by atoms with van der Waals surface area (Å²) in [5.41, 5.74) is -10.0. The highest BCUT2D eigenvalue weighted by Gasteiger charge is 2.91. The Balaban J connectivity index is 1.60. The SMILES string of the molecule is COC(=O)[C@H](O)[C@H]1[C@]2(C)C[C@@]3(O)[C@H]([C@@H](O)[C@@H]2O)[C@@]2(O)C(CC[C@@]4(C)[C@H](c5ccoc5)OC(=O)C[C@@]42O)[C@]13C. The lowest BCUT2D eigenvalue weighted by Crippen LogP contribution is -2.78. The van der Waals surface area contributed by atoms with Crippen molar-refractivity contribution in [2.24, 2.45) is 34.0 Å². The number of carbonyl (C=O) groups excluding carboxylic acids is 2. The third-order valence-electron chi connectivity index (χ3n) is 11.9. The minimum Gasteiger partial charge on any atom is -0.472 e. The molecule has 2 bridgehead atoms. The zero-order valence-corrected chi connectivity index (χ0v) is 21.8. The van der Waals surface area contributed by atoms with E-state index < -0.39 is 93.6 Å². The third kappa shape index (κ3) is 2.44. The number of fused-ring (bicyclic) bond motifs is 6. The molecule has 5 aliphatic rings. The number of carbonyl (C=O) groups is 2. The summed E-state index contributed by atoms with van der Waals surface area (Å²) in [6.07, 6.45) is -3.59. The fourth-order valence-corrected chi connectivity index (χ4v) is 10.4. The first-order chi connectivity index (χ1) is 17.6. The molecule has 5 fully saturated rings. The molecule has 1 aromatic rings.